The van der Waals surface area contributed by atoms with Gasteiger partial charge < -0.3 is 13.9 Å². The quantitative estimate of drug-likeness (QED) is 0.158. The molecule has 12 aromatic rings. The lowest BCUT2D eigenvalue weighted by Gasteiger charge is -2.30. The molecule has 0 radical (unpaired) electrons. The fourth-order valence-corrected chi connectivity index (χ4v) is 9.37. The summed E-state index contributed by atoms with van der Waals surface area (Å²) < 4.78 is 8.83. The molecule has 0 aliphatic heterocycles. The molecular formula is C56H36N2O. The van der Waals surface area contributed by atoms with Gasteiger partial charge in [-0.1, -0.05) is 158 Å². The van der Waals surface area contributed by atoms with Crippen molar-refractivity contribution in [2.24, 2.45) is 0 Å². The summed E-state index contributed by atoms with van der Waals surface area (Å²) >= 11 is 0. The molecule has 0 saturated heterocycles. The van der Waals surface area contributed by atoms with Crippen molar-refractivity contribution in [3.05, 3.63) is 218 Å². The van der Waals surface area contributed by atoms with Crippen LogP contribution in [0.2, 0.25) is 0 Å². The van der Waals surface area contributed by atoms with Gasteiger partial charge in [0.2, 0.25) is 0 Å². The lowest BCUT2D eigenvalue weighted by Crippen LogP contribution is -2.13. The molecule has 0 aliphatic rings. The van der Waals surface area contributed by atoms with E-state index in [0.29, 0.717) is 0 Å². The number of anilines is 3. The smallest absolute Gasteiger partial charge is 0.136 e. The van der Waals surface area contributed by atoms with Crippen LogP contribution >= 0.6 is 0 Å². The molecule has 0 bridgehead atoms. The van der Waals surface area contributed by atoms with Crippen molar-refractivity contribution in [2.45, 2.75) is 0 Å². The van der Waals surface area contributed by atoms with E-state index in [-0.39, 0.29) is 0 Å². The maximum Gasteiger partial charge on any atom is 0.136 e. The molecule has 0 fully saturated rings. The summed E-state index contributed by atoms with van der Waals surface area (Å²) in [4.78, 5) is 2.45. The Balaban J connectivity index is 1.12. The lowest BCUT2D eigenvalue weighted by atomic mass is 9.94. The number of fused-ring (bicyclic) bond motifs is 9. The molecule has 10 aromatic carbocycles. The number of benzene rings is 10. The number of nitrogens with zero attached hydrogens (tertiary/aromatic N) is 2. The minimum atomic E-state index is 0.877. The van der Waals surface area contributed by atoms with Crippen LogP contribution in [-0.4, -0.2) is 4.57 Å². The molecule has 12 rings (SSSR count). The summed E-state index contributed by atoms with van der Waals surface area (Å²) in [5, 5.41) is 9.70. The molecule has 0 amide bonds. The molecule has 0 atom stereocenters. The Kier molecular flexibility index (Phi) is 7.54. The molecule has 3 nitrogen and oxygen atoms in total. The summed E-state index contributed by atoms with van der Waals surface area (Å²) in [6.45, 7) is 0. The van der Waals surface area contributed by atoms with E-state index < -0.39 is 0 Å². The predicted octanol–water partition coefficient (Wildman–Crippen LogP) is 15.8. The topological polar surface area (TPSA) is 21.3 Å². The van der Waals surface area contributed by atoms with Gasteiger partial charge in [-0.3, -0.25) is 0 Å². The standard InChI is InChI=1S/C56H36N2O/c1-2-18-42-37(15-1)31-32-38-35-39(33-34-43(38)42)44-19-3-8-25-50(44)57(40-16-13-17-41(36-40)58-51-26-9-4-20-45(51)46-21-5-10-27-52(46)58)53-28-11-6-22-47(53)48-24-14-30-55-56(48)49-23-7-12-29-54(49)59-55/h1-36H. The van der Waals surface area contributed by atoms with Crippen LogP contribution in [0, 0.1) is 0 Å². The Morgan fingerprint density at radius 2 is 0.932 bits per heavy atom. The largest absolute Gasteiger partial charge is 0.456 e. The van der Waals surface area contributed by atoms with Crippen molar-refractivity contribution in [1.82, 2.24) is 4.57 Å². The van der Waals surface area contributed by atoms with Crippen LogP contribution in [0.1, 0.15) is 0 Å². The van der Waals surface area contributed by atoms with Crippen LogP contribution in [0.15, 0.2) is 223 Å². The number of aromatic nitrogens is 1. The second kappa shape index (κ2) is 13.4. The average molecular weight is 753 g/mol. The van der Waals surface area contributed by atoms with Crippen molar-refractivity contribution < 1.29 is 4.42 Å². The summed E-state index contributed by atoms with van der Waals surface area (Å²) in [6.07, 6.45) is 0. The molecule has 0 unspecified atom stereocenters. The second-order valence-electron chi connectivity index (χ2n) is 15.3. The number of para-hydroxylation sites is 5. The first kappa shape index (κ1) is 33.3. The highest BCUT2D eigenvalue weighted by molar-refractivity contribution is 6.14. The number of hydrogen-bond donors (Lipinski definition) is 0. The molecule has 0 spiro atoms. The van der Waals surface area contributed by atoms with Gasteiger partial charge >= 0.3 is 0 Å². The van der Waals surface area contributed by atoms with Gasteiger partial charge in [-0.15, -0.1) is 0 Å². The van der Waals surface area contributed by atoms with E-state index in [1.165, 1.54) is 43.4 Å². The van der Waals surface area contributed by atoms with Crippen LogP contribution in [0.25, 0.3) is 93.2 Å². The normalized spacial score (nSPS) is 11.7. The maximum absolute atomic E-state index is 6.43. The van der Waals surface area contributed by atoms with Gasteiger partial charge in [-0.05, 0) is 93.3 Å². The molecule has 2 aromatic heterocycles. The summed E-state index contributed by atoms with van der Waals surface area (Å²) in [5.74, 6) is 0. The number of hydrogen-bond acceptors (Lipinski definition) is 2. The van der Waals surface area contributed by atoms with Gasteiger partial charge in [-0.25, -0.2) is 0 Å². The highest BCUT2D eigenvalue weighted by atomic mass is 16.3. The number of furan rings is 1. The van der Waals surface area contributed by atoms with Gasteiger partial charge in [0.05, 0.1) is 22.4 Å². The van der Waals surface area contributed by atoms with Crippen LogP contribution in [0.4, 0.5) is 17.1 Å². The fourth-order valence-electron chi connectivity index (χ4n) is 9.37. The van der Waals surface area contributed by atoms with Crippen molar-refractivity contribution in [1.29, 1.82) is 0 Å². The third kappa shape index (κ3) is 5.29. The SMILES string of the molecule is c1cc(N(c2ccccc2-c2ccc3c(ccc4ccccc43)c2)c2ccccc2-c2cccc3oc4ccccc4c23)cc(-n2c3ccccc3c3ccccc32)c1. The van der Waals surface area contributed by atoms with Gasteiger partial charge in [0.15, 0.2) is 0 Å². The van der Waals surface area contributed by atoms with Crippen molar-refractivity contribution >= 4 is 82.4 Å². The molecule has 2 heterocycles. The first-order chi connectivity index (χ1) is 29.3. The van der Waals surface area contributed by atoms with Crippen LogP contribution in [-0.2, 0) is 0 Å². The zero-order valence-corrected chi connectivity index (χ0v) is 32.1. The highest BCUT2D eigenvalue weighted by Gasteiger charge is 2.23. The summed E-state index contributed by atoms with van der Waals surface area (Å²) in [5.41, 5.74) is 13.0. The minimum Gasteiger partial charge on any atom is -0.456 e. The van der Waals surface area contributed by atoms with Crippen molar-refractivity contribution in [2.75, 3.05) is 4.90 Å². The Labute approximate surface area is 341 Å². The highest BCUT2D eigenvalue weighted by Crippen LogP contribution is 2.48. The minimum absolute atomic E-state index is 0.877. The van der Waals surface area contributed by atoms with E-state index in [9.17, 15) is 0 Å². The molecule has 0 saturated carbocycles. The first-order valence-electron chi connectivity index (χ1n) is 20.2. The molecule has 276 valence electrons. The molecular weight excluding hydrogens is 717 g/mol. The van der Waals surface area contributed by atoms with E-state index in [0.717, 1.165) is 66.9 Å². The van der Waals surface area contributed by atoms with E-state index in [1.807, 2.05) is 6.07 Å². The monoisotopic (exact) mass is 752 g/mol. The fraction of sp³-hybridized carbons (Fsp3) is 0. The maximum atomic E-state index is 6.43. The van der Waals surface area contributed by atoms with E-state index in [4.69, 9.17) is 4.42 Å². The van der Waals surface area contributed by atoms with Gasteiger partial charge in [0.1, 0.15) is 11.2 Å². The third-order valence-electron chi connectivity index (χ3n) is 12.0. The first-order valence-corrected chi connectivity index (χ1v) is 20.2. The van der Waals surface area contributed by atoms with Crippen LogP contribution < -0.4 is 4.90 Å². The summed E-state index contributed by atoms with van der Waals surface area (Å²) in [6, 6.07) is 78.9. The predicted molar refractivity (Wildman–Crippen MR) is 249 cm³/mol. The van der Waals surface area contributed by atoms with E-state index in [1.54, 1.807) is 0 Å². The summed E-state index contributed by atoms with van der Waals surface area (Å²) in [7, 11) is 0. The van der Waals surface area contributed by atoms with Crippen LogP contribution in [0.3, 0.4) is 0 Å². The van der Waals surface area contributed by atoms with Gasteiger partial charge in [0.25, 0.3) is 0 Å². The second-order valence-corrected chi connectivity index (χ2v) is 15.3. The Morgan fingerprint density at radius 3 is 1.75 bits per heavy atom. The average Bonchev–Trinajstić information content (AvgIpc) is 3.86. The lowest BCUT2D eigenvalue weighted by molar-refractivity contribution is 0.669. The number of rotatable bonds is 6. The van der Waals surface area contributed by atoms with Gasteiger partial charge in [-0.2, -0.15) is 0 Å². The van der Waals surface area contributed by atoms with Gasteiger partial charge in [0, 0.05) is 44.0 Å². The van der Waals surface area contributed by atoms with Crippen molar-refractivity contribution in [3.63, 3.8) is 0 Å². The van der Waals surface area contributed by atoms with Crippen LogP contribution in [0.5, 0.6) is 0 Å². The Morgan fingerprint density at radius 1 is 0.356 bits per heavy atom. The van der Waals surface area contributed by atoms with E-state index >= 15 is 0 Å². The molecule has 0 aliphatic carbocycles. The molecule has 59 heavy (non-hydrogen) atoms. The van der Waals surface area contributed by atoms with E-state index in [2.05, 4.69) is 222 Å². The van der Waals surface area contributed by atoms with Crippen molar-refractivity contribution in [3.8, 4) is 27.9 Å². The zero-order chi connectivity index (χ0) is 38.9. The Hall–Kier alpha value is -7.88. The Bertz CT molecular complexity index is 3540. The molecule has 0 N–H and O–H groups in total. The molecule has 3 heteroatoms. The zero-order valence-electron chi connectivity index (χ0n) is 32.1. The third-order valence-corrected chi connectivity index (χ3v) is 12.0.